The fraction of sp³-hybridized carbons (Fsp3) is 0.333. The van der Waals surface area contributed by atoms with Crippen LogP contribution in [0.5, 0.6) is 0 Å². The fourth-order valence-electron chi connectivity index (χ4n) is 3.90. The zero-order valence-electron chi connectivity index (χ0n) is 17.1. The van der Waals surface area contributed by atoms with Gasteiger partial charge in [-0.3, -0.25) is 0 Å². The maximum Gasteiger partial charge on any atom is 0.158 e. The van der Waals surface area contributed by atoms with E-state index >= 15 is 0 Å². The predicted octanol–water partition coefficient (Wildman–Crippen LogP) is 5.93. The molecular weight excluding hydrogens is 424 g/mol. The summed E-state index contributed by atoms with van der Waals surface area (Å²) < 4.78 is 6.66. The molecule has 0 fully saturated rings. The van der Waals surface area contributed by atoms with E-state index in [-0.39, 0.29) is 9.76 Å². The van der Waals surface area contributed by atoms with Gasteiger partial charge in [0.15, 0.2) is 9.76 Å². The molecule has 4 rings (SSSR count). The van der Waals surface area contributed by atoms with Gasteiger partial charge in [-0.1, -0.05) is 6.55 Å². The van der Waals surface area contributed by atoms with Crippen molar-refractivity contribution in [3.63, 3.8) is 0 Å². The van der Waals surface area contributed by atoms with Crippen molar-refractivity contribution >= 4 is 21.9 Å². The van der Waals surface area contributed by atoms with Gasteiger partial charge in [-0.2, -0.15) is 0 Å². The molecule has 2 aromatic carbocycles. The van der Waals surface area contributed by atoms with Gasteiger partial charge in [0, 0.05) is 6.10 Å². The standard InChI is InChI=1S/2C10H9.C4H12OSi.Zr/c2*1-8-6-9-4-2-3-5-10(9)7-8;1-4(2)5-6-3;/h2*2-7H,1H3;4H,6H2,1-3H3;. The van der Waals surface area contributed by atoms with Crippen LogP contribution >= 0.6 is 0 Å². The number of allylic oxidation sites excluding steroid dienone is 2. The zero-order valence-corrected chi connectivity index (χ0v) is 21.0. The second kappa shape index (κ2) is 9.45. The van der Waals surface area contributed by atoms with E-state index in [1.165, 1.54) is 11.1 Å². The molecule has 0 saturated carbocycles. The quantitative estimate of drug-likeness (QED) is 0.521. The summed E-state index contributed by atoms with van der Waals surface area (Å²) in [4.78, 5) is 0. The van der Waals surface area contributed by atoms with Crippen molar-refractivity contribution in [2.24, 2.45) is 0 Å². The van der Waals surface area contributed by atoms with Crippen LogP contribution in [0, 0.1) is 0 Å². The first-order chi connectivity index (χ1) is 13.0. The largest absolute Gasteiger partial charge is 0.422 e. The van der Waals surface area contributed by atoms with E-state index < -0.39 is 23.2 Å². The Morgan fingerprint density at radius 2 is 1.26 bits per heavy atom. The molecule has 0 saturated heterocycles. The predicted molar refractivity (Wildman–Crippen MR) is 116 cm³/mol. The molecule has 2 unspecified atom stereocenters. The molecule has 2 aliphatic rings. The Morgan fingerprint density at radius 3 is 1.63 bits per heavy atom. The average molecular weight is 454 g/mol. The van der Waals surface area contributed by atoms with Crippen molar-refractivity contribution in [1.29, 1.82) is 0 Å². The molecule has 0 heterocycles. The van der Waals surface area contributed by atoms with Crippen molar-refractivity contribution in [1.82, 2.24) is 0 Å². The Balaban J connectivity index is 0.000000307. The van der Waals surface area contributed by atoms with Gasteiger partial charge in [0.2, 0.25) is 0 Å². The number of benzene rings is 2. The van der Waals surface area contributed by atoms with Gasteiger partial charge in [0.1, 0.15) is 0 Å². The van der Waals surface area contributed by atoms with Crippen molar-refractivity contribution < 1.29 is 27.7 Å². The fourth-order valence-corrected chi connectivity index (χ4v) is 9.26. The van der Waals surface area contributed by atoms with E-state index in [0.717, 1.165) is 7.25 Å². The van der Waals surface area contributed by atoms with E-state index in [9.17, 15) is 0 Å². The average Bonchev–Trinajstić information content (AvgIpc) is 3.12. The summed E-state index contributed by atoms with van der Waals surface area (Å²) in [6.45, 7) is 10.9. The van der Waals surface area contributed by atoms with E-state index in [1.54, 1.807) is 22.3 Å². The van der Waals surface area contributed by atoms with E-state index in [0.29, 0.717) is 6.10 Å². The van der Waals surface area contributed by atoms with Crippen molar-refractivity contribution in [3.8, 4) is 0 Å². The Bertz CT molecular complexity index is 787. The molecule has 0 aliphatic heterocycles. The molecule has 2 aromatic rings. The van der Waals surface area contributed by atoms with Crippen LogP contribution < -0.4 is 0 Å². The van der Waals surface area contributed by atoms with Crippen LogP contribution in [0.1, 0.15) is 57.2 Å². The normalized spacial score (nSPS) is 20.1. The Hall–Kier alpha value is -1.02. The summed E-state index contributed by atoms with van der Waals surface area (Å²) in [5, 5.41) is 0. The van der Waals surface area contributed by atoms with Crippen LogP contribution in [0.15, 0.2) is 59.7 Å². The molecule has 3 heteroatoms. The molecule has 1 nitrogen and oxygen atoms in total. The van der Waals surface area contributed by atoms with Crippen LogP contribution in [0.4, 0.5) is 0 Å². The van der Waals surface area contributed by atoms with Crippen LogP contribution in [0.3, 0.4) is 0 Å². The Kier molecular flexibility index (Phi) is 7.25. The molecule has 0 radical (unpaired) electrons. The summed E-state index contributed by atoms with van der Waals surface area (Å²) in [5.74, 6) is 0. The summed E-state index contributed by atoms with van der Waals surface area (Å²) in [5.41, 5.74) is 9.24. The second-order valence-electron chi connectivity index (χ2n) is 7.57. The topological polar surface area (TPSA) is 9.23 Å². The third-order valence-electron chi connectivity index (χ3n) is 5.12. The summed E-state index contributed by atoms with van der Waals surface area (Å²) in [7, 11) is -0.133. The number of hydrogen-bond donors (Lipinski definition) is 0. The third kappa shape index (κ3) is 4.88. The molecule has 2 atom stereocenters. The van der Waals surface area contributed by atoms with Crippen LogP contribution in [-0.2, 0) is 27.7 Å². The number of rotatable bonds is 4. The number of fused-ring (bicyclic) bond motifs is 2. The van der Waals surface area contributed by atoms with E-state index in [1.807, 2.05) is 0 Å². The third-order valence-corrected chi connectivity index (χ3v) is 11.5. The van der Waals surface area contributed by atoms with Crippen LogP contribution in [0.2, 0.25) is 6.55 Å². The summed E-state index contributed by atoms with van der Waals surface area (Å²) in [6.07, 6.45) is 5.27. The molecule has 0 spiro atoms. The van der Waals surface area contributed by atoms with Gasteiger partial charge in [0.05, 0.1) is 0 Å². The van der Waals surface area contributed by atoms with Gasteiger partial charge in [-0.15, -0.1) is 0 Å². The number of hydrogen-bond acceptors (Lipinski definition) is 1. The van der Waals surface area contributed by atoms with Crippen molar-refractivity contribution in [2.75, 3.05) is 0 Å². The first kappa shape index (κ1) is 20.7. The van der Waals surface area contributed by atoms with Crippen LogP contribution in [0.25, 0.3) is 12.2 Å². The second-order valence-corrected chi connectivity index (χ2v) is 12.1. The molecule has 0 bridgehead atoms. The zero-order chi connectivity index (χ0) is 19.4. The van der Waals surface area contributed by atoms with Crippen molar-refractivity contribution in [2.45, 2.75) is 47.6 Å². The van der Waals surface area contributed by atoms with Gasteiger partial charge in [0.25, 0.3) is 0 Å². The minimum Gasteiger partial charge on any atom is -0.422 e. The minimum absolute atomic E-state index is 0.133. The minimum atomic E-state index is -0.616. The molecule has 0 aromatic heterocycles. The molecule has 0 N–H and O–H groups in total. The first-order valence-corrected chi connectivity index (χ1v) is 14.8. The summed E-state index contributed by atoms with van der Waals surface area (Å²) >= 11 is -0.616. The van der Waals surface area contributed by atoms with Crippen molar-refractivity contribution in [3.05, 3.63) is 81.9 Å². The van der Waals surface area contributed by atoms with Gasteiger partial charge < -0.3 is 4.43 Å². The maximum atomic E-state index is 5.18. The van der Waals surface area contributed by atoms with E-state index in [2.05, 4.69) is 94.9 Å². The van der Waals surface area contributed by atoms with Gasteiger partial charge in [-0.05, 0) is 13.8 Å². The van der Waals surface area contributed by atoms with Gasteiger partial charge in [-0.25, -0.2) is 0 Å². The van der Waals surface area contributed by atoms with Gasteiger partial charge >= 0.3 is 138 Å². The Labute approximate surface area is 178 Å². The molecule has 2 aliphatic carbocycles. The summed E-state index contributed by atoms with van der Waals surface area (Å²) in [6, 6.07) is 17.9. The maximum absolute atomic E-state index is 5.18. The molecule has 140 valence electrons. The van der Waals surface area contributed by atoms with E-state index in [4.69, 9.17) is 4.43 Å². The SMILES string of the molecule is CC1=Cc2ccccc2[CH]1[Zr][CH]1C(C)=Cc2ccccc21.C[SiH2]OC(C)C. The molecular formula is C24H30OSiZr. The Morgan fingerprint density at radius 1 is 0.815 bits per heavy atom. The smallest absolute Gasteiger partial charge is 0.158 e. The first-order valence-electron chi connectivity index (χ1n) is 9.93. The van der Waals surface area contributed by atoms with Crippen LogP contribution in [-0.4, -0.2) is 15.9 Å². The molecule has 0 amide bonds. The molecule has 27 heavy (non-hydrogen) atoms. The monoisotopic (exact) mass is 452 g/mol.